The largest absolute Gasteiger partial charge is 0.369 e. The minimum absolute atomic E-state index is 0. The van der Waals surface area contributed by atoms with Crippen LogP contribution in [0, 0.1) is 0 Å². The predicted octanol–water partition coefficient (Wildman–Crippen LogP) is 7.05. The van der Waals surface area contributed by atoms with E-state index in [4.69, 9.17) is 10.7 Å². The van der Waals surface area contributed by atoms with Gasteiger partial charge in [-0.05, 0) is 67.5 Å². The van der Waals surface area contributed by atoms with E-state index >= 15 is 0 Å². The molecule has 0 aliphatic carbocycles. The Hall–Kier alpha value is -2.00. The zero-order valence-corrected chi connectivity index (χ0v) is 19.2. The highest BCUT2D eigenvalue weighted by Crippen LogP contribution is 2.20. The molecular formula is C25H38ClN3. The van der Waals surface area contributed by atoms with Crippen LogP contribution in [0.1, 0.15) is 70.4 Å². The minimum atomic E-state index is 0. The van der Waals surface area contributed by atoms with Gasteiger partial charge in [0.05, 0.1) is 5.69 Å². The van der Waals surface area contributed by atoms with Crippen molar-refractivity contribution >= 4 is 29.7 Å². The third-order valence-corrected chi connectivity index (χ3v) is 5.08. The van der Waals surface area contributed by atoms with Crippen molar-refractivity contribution in [1.29, 1.82) is 0 Å². The van der Waals surface area contributed by atoms with Crippen molar-refractivity contribution in [2.75, 3.05) is 11.4 Å². The molecule has 0 aliphatic rings. The van der Waals surface area contributed by atoms with Crippen molar-refractivity contribution in [2.45, 2.75) is 72.1 Å². The van der Waals surface area contributed by atoms with Gasteiger partial charge in [-0.1, -0.05) is 64.3 Å². The summed E-state index contributed by atoms with van der Waals surface area (Å²) in [6.07, 6.45) is 9.38. The van der Waals surface area contributed by atoms with Gasteiger partial charge in [0, 0.05) is 12.2 Å². The van der Waals surface area contributed by atoms with Crippen molar-refractivity contribution in [3.05, 3.63) is 59.7 Å². The molecule has 0 aliphatic heterocycles. The lowest BCUT2D eigenvalue weighted by Gasteiger charge is -2.24. The van der Waals surface area contributed by atoms with Gasteiger partial charge in [0.15, 0.2) is 0 Å². The van der Waals surface area contributed by atoms with E-state index in [2.05, 4.69) is 74.2 Å². The van der Waals surface area contributed by atoms with Crippen molar-refractivity contribution in [3.63, 3.8) is 0 Å². The smallest absolute Gasteiger partial charge is 0.201 e. The third-order valence-electron chi connectivity index (χ3n) is 5.08. The standard InChI is InChI=1S/C25H37N3.ClH/c1-4-7-10-21-12-16-23(17-13-21)27-25(26)28(20-9-6-3)24-18-14-22(15-19-24)11-8-5-2;/h12-19H,4-11,20H2,1-3H3,(H2,26,27);1H. The van der Waals surface area contributed by atoms with Gasteiger partial charge in [-0.2, -0.15) is 0 Å². The number of unbranched alkanes of at least 4 members (excludes halogenated alkanes) is 3. The highest BCUT2D eigenvalue weighted by Gasteiger charge is 2.11. The fraction of sp³-hybridized carbons (Fsp3) is 0.480. The molecule has 0 saturated heterocycles. The van der Waals surface area contributed by atoms with Gasteiger partial charge >= 0.3 is 0 Å². The molecule has 0 aromatic heterocycles. The van der Waals surface area contributed by atoms with Gasteiger partial charge in [0.2, 0.25) is 5.96 Å². The summed E-state index contributed by atoms with van der Waals surface area (Å²) >= 11 is 0. The van der Waals surface area contributed by atoms with Gasteiger partial charge < -0.3 is 10.6 Å². The summed E-state index contributed by atoms with van der Waals surface area (Å²) < 4.78 is 0. The van der Waals surface area contributed by atoms with E-state index in [1.54, 1.807) is 0 Å². The Labute approximate surface area is 183 Å². The summed E-state index contributed by atoms with van der Waals surface area (Å²) in [5.41, 5.74) is 11.2. The van der Waals surface area contributed by atoms with E-state index in [1.165, 1.54) is 36.8 Å². The predicted molar refractivity (Wildman–Crippen MR) is 131 cm³/mol. The number of aryl methyl sites for hydroxylation is 2. The maximum Gasteiger partial charge on any atom is 0.201 e. The van der Waals surface area contributed by atoms with E-state index in [9.17, 15) is 0 Å². The molecule has 2 rings (SSSR count). The van der Waals surface area contributed by atoms with Gasteiger partial charge in [0.25, 0.3) is 0 Å². The van der Waals surface area contributed by atoms with E-state index in [0.717, 1.165) is 43.6 Å². The lowest BCUT2D eigenvalue weighted by atomic mass is 10.1. The highest BCUT2D eigenvalue weighted by atomic mass is 35.5. The molecule has 0 amide bonds. The number of halogens is 1. The molecule has 2 aromatic carbocycles. The first-order chi connectivity index (χ1) is 13.7. The second-order valence-corrected chi connectivity index (χ2v) is 7.52. The number of aliphatic imine (C=N–C) groups is 1. The molecule has 2 aromatic rings. The first-order valence-corrected chi connectivity index (χ1v) is 11.0. The van der Waals surface area contributed by atoms with Crippen molar-refractivity contribution in [1.82, 2.24) is 0 Å². The number of hydrogen-bond acceptors (Lipinski definition) is 1. The summed E-state index contributed by atoms with van der Waals surface area (Å²) in [5.74, 6) is 0.566. The Morgan fingerprint density at radius 2 is 1.24 bits per heavy atom. The molecule has 0 fully saturated rings. The summed E-state index contributed by atoms with van der Waals surface area (Å²) in [6.45, 7) is 7.54. The van der Waals surface area contributed by atoms with Crippen LogP contribution in [0.4, 0.5) is 11.4 Å². The van der Waals surface area contributed by atoms with E-state index in [0.29, 0.717) is 5.96 Å². The monoisotopic (exact) mass is 415 g/mol. The maximum atomic E-state index is 6.44. The molecular weight excluding hydrogens is 378 g/mol. The van der Waals surface area contributed by atoms with Gasteiger partial charge in [-0.25, -0.2) is 4.99 Å². The Morgan fingerprint density at radius 1 is 0.759 bits per heavy atom. The van der Waals surface area contributed by atoms with Crippen LogP contribution in [-0.2, 0) is 12.8 Å². The topological polar surface area (TPSA) is 41.6 Å². The second-order valence-electron chi connectivity index (χ2n) is 7.52. The molecule has 3 nitrogen and oxygen atoms in total. The Balaban J connectivity index is 0.00000420. The van der Waals surface area contributed by atoms with E-state index < -0.39 is 0 Å². The summed E-state index contributed by atoms with van der Waals surface area (Å²) in [6, 6.07) is 17.3. The molecule has 0 heterocycles. The summed E-state index contributed by atoms with van der Waals surface area (Å²) in [4.78, 5) is 6.84. The molecule has 0 unspecified atom stereocenters. The molecule has 0 atom stereocenters. The minimum Gasteiger partial charge on any atom is -0.369 e. The van der Waals surface area contributed by atoms with Crippen LogP contribution >= 0.6 is 12.4 Å². The van der Waals surface area contributed by atoms with E-state index in [-0.39, 0.29) is 12.4 Å². The zero-order chi connectivity index (χ0) is 20.2. The van der Waals surface area contributed by atoms with Gasteiger partial charge in [-0.15, -0.1) is 12.4 Å². The van der Waals surface area contributed by atoms with Gasteiger partial charge in [0.1, 0.15) is 0 Å². The first kappa shape index (κ1) is 25.0. The molecule has 2 N–H and O–H groups in total. The van der Waals surface area contributed by atoms with Crippen LogP contribution in [0.5, 0.6) is 0 Å². The molecule has 160 valence electrons. The highest BCUT2D eigenvalue weighted by molar-refractivity contribution is 5.96. The van der Waals surface area contributed by atoms with Crippen LogP contribution in [0.2, 0.25) is 0 Å². The Bertz CT molecular complexity index is 708. The molecule has 0 bridgehead atoms. The summed E-state index contributed by atoms with van der Waals surface area (Å²) in [5, 5.41) is 0. The Morgan fingerprint density at radius 3 is 1.72 bits per heavy atom. The number of nitrogens with zero attached hydrogens (tertiary/aromatic N) is 2. The lowest BCUT2D eigenvalue weighted by Crippen LogP contribution is -2.38. The molecule has 4 heteroatoms. The molecule has 0 radical (unpaired) electrons. The Kier molecular flexibility index (Phi) is 12.1. The zero-order valence-electron chi connectivity index (χ0n) is 18.4. The van der Waals surface area contributed by atoms with Crippen molar-refractivity contribution in [3.8, 4) is 0 Å². The van der Waals surface area contributed by atoms with Crippen molar-refractivity contribution in [2.24, 2.45) is 10.7 Å². The van der Waals surface area contributed by atoms with Gasteiger partial charge in [-0.3, -0.25) is 0 Å². The quantitative estimate of drug-likeness (QED) is 0.315. The lowest BCUT2D eigenvalue weighted by molar-refractivity contribution is 0.788. The first-order valence-electron chi connectivity index (χ1n) is 11.0. The normalized spacial score (nSPS) is 11.2. The van der Waals surface area contributed by atoms with Crippen LogP contribution in [0.25, 0.3) is 0 Å². The fourth-order valence-electron chi connectivity index (χ4n) is 3.23. The molecule has 0 spiro atoms. The molecule has 0 saturated carbocycles. The fourth-order valence-corrected chi connectivity index (χ4v) is 3.23. The van der Waals surface area contributed by atoms with Crippen LogP contribution in [0.3, 0.4) is 0 Å². The second kappa shape index (κ2) is 14.1. The maximum absolute atomic E-state index is 6.44. The molecule has 29 heavy (non-hydrogen) atoms. The summed E-state index contributed by atoms with van der Waals surface area (Å²) in [7, 11) is 0. The van der Waals surface area contributed by atoms with Crippen LogP contribution < -0.4 is 10.6 Å². The van der Waals surface area contributed by atoms with Crippen LogP contribution in [-0.4, -0.2) is 12.5 Å². The number of hydrogen-bond donors (Lipinski definition) is 1. The van der Waals surface area contributed by atoms with Crippen molar-refractivity contribution < 1.29 is 0 Å². The SMILES string of the molecule is CCCCc1ccc(N=C(N)N(CCCC)c2ccc(CCCC)cc2)cc1.Cl. The average Bonchev–Trinajstić information content (AvgIpc) is 2.73. The van der Waals surface area contributed by atoms with E-state index in [1.807, 2.05) is 0 Å². The van der Waals surface area contributed by atoms with Crippen LogP contribution in [0.15, 0.2) is 53.5 Å². The average molecular weight is 416 g/mol. The number of nitrogens with two attached hydrogens (primary N) is 1. The number of benzene rings is 2. The number of anilines is 1. The number of guanidine groups is 1. The third kappa shape index (κ3) is 8.49. The number of rotatable bonds is 11.